The van der Waals surface area contributed by atoms with E-state index >= 15 is 0 Å². The molecule has 0 aliphatic rings. The lowest BCUT2D eigenvalue weighted by atomic mass is 9.86. The molecule has 19 aromatic carbocycles. The van der Waals surface area contributed by atoms with Crippen LogP contribution in [0.3, 0.4) is 0 Å². The van der Waals surface area contributed by atoms with Gasteiger partial charge in [-0.1, -0.05) is 448 Å². The van der Waals surface area contributed by atoms with Crippen LogP contribution in [-0.4, -0.2) is 0 Å². The maximum Gasteiger partial charge on any atom is 0.0462 e. The molecule has 0 aromatic heterocycles. The highest BCUT2D eigenvalue weighted by molar-refractivity contribution is 5.94. The van der Waals surface area contributed by atoms with E-state index in [1.54, 1.807) is 0 Å². The summed E-state index contributed by atoms with van der Waals surface area (Å²) in [6, 6.07) is 187. The number of aryl methyl sites for hydroxylation is 4. The number of benzene rings is 19. The van der Waals surface area contributed by atoms with E-state index in [4.69, 9.17) is 0 Å². The maximum absolute atomic E-state index is 2.31. The van der Waals surface area contributed by atoms with E-state index < -0.39 is 0 Å². The first kappa shape index (κ1) is 94.7. The molecule has 0 aliphatic heterocycles. The standard InChI is InChI=1S/C36H31N.C34H29N.C32H25N.C30H29N.CH4/c1-28-16-22-33(23-17-28)37(34-24-18-29(2)19-25-34)35-26-20-30(21-27-35)10-9-15-36(31-11-5-3-6-12-31)32-13-7-4-8-14-32;1-26-13-19-31(20-14-26)35(32-21-15-27(2)16-22-32)33-23-17-28(18-24-33)25-34(29-9-5-3-6-10-29)30-11-7-4-8-12-30;1-5-13-27(14-6-1)32(28-15-7-2-8-16-28)25-26-21-23-31(24-22-26)33(29-17-9-3-10-18-29)30-19-11-4-12-20-30;1-24(2)23-31(28-16-10-5-11-17-28)29-20-18-25(19-21-29)22-30(26-12-6-3-7-13-26)27-14-8-4-9-15-27;/h3-27H,1-2H3;3-25H,1-2H3;1-25H;3-21,23,30H,22H2,1-2H3;1H4. The minimum absolute atomic E-state index is 0. The topological polar surface area (TPSA) is 13.0 Å². The van der Waals surface area contributed by atoms with Crippen LogP contribution in [0.4, 0.5) is 62.6 Å². The van der Waals surface area contributed by atoms with Gasteiger partial charge in [0.25, 0.3) is 0 Å². The molecule has 0 unspecified atom stereocenters. The van der Waals surface area contributed by atoms with Gasteiger partial charge in [0, 0.05) is 74.7 Å². The van der Waals surface area contributed by atoms with E-state index in [1.165, 1.54) is 117 Å². The summed E-state index contributed by atoms with van der Waals surface area (Å²) in [6.07, 6.45) is 14.2. The van der Waals surface area contributed by atoms with Gasteiger partial charge in [0.2, 0.25) is 0 Å². The number of allylic oxidation sites excluding steroid dienone is 3. The molecule has 0 saturated heterocycles. The Balaban J connectivity index is 0.000000139. The third-order valence-corrected chi connectivity index (χ3v) is 23.8. The Kier molecular flexibility index (Phi) is 33.5. The average Bonchev–Trinajstić information content (AvgIpc) is 0.809. The number of para-hydroxylation sites is 3. The van der Waals surface area contributed by atoms with Gasteiger partial charge in [-0.15, -0.1) is 0 Å². The minimum atomic E-state index is 0. The smallest absolute Gasteiger partial charge is 0.0462 e. The molecule has 0 bridgehead atoms. The maximum atomic E-state index is 2.31. The van der Waals surface area contributed by atoms with Crippen molar-refractivity contribution in [1.29, 1.82) is 0 Å². The van der Waals surface area contributed by atoms with Gasteiger partial charge in [-0.2, -0.15) is 0 Å². The molecule has 4 nitrogen and oxygen atoms in total. The Hall–Kier alpha value is -16.9. The van der Waals surface area contributed by atoms with Crippen molar-refractivity contribution in [1.82, 2.24) is 0 Å². The number of nitrogens with zero attached hydrogens (tertiary/aromatic N) is 4. The Morgan fingerprint density at radius 3 is 0.701 bits per heavy atom. The normalized spacial score (nSPS) is 10.6. The summed E-state index contributed by atoms with van der Waals surface area (Å²) >= 11 is 0. The molecule has 0 radical (unpaired) electrons. The van der Waals surface area contributed by atoms with Crippen LogP contribution >= 0.6 is 0 Å². The fourth-order valence-corrected chi connectivity index (χ4v) is 16.7. The molecule has 0 N–H and O–H groups in total. The molecular formula is C133H118N4. The zero-order chi connectivity index (χ0) is 93.3. The van der Waals surface area contributed by atoms with Crippen molar-refractivity contribution in [2.75, 3.05) is 19.6 Å². The van der Waals surface area contributed by atoms with Crippen LogP contribution in [0.5, 0.6) is 0 Å². The van der Waals surface area contributed by atoms with E-state index in [-0.39, 0.29) is 7.43 Å². The molecule has 0 heterocycles. The van der Waals surface area contributed by atoms with Gasteiger partial charge in [-0.3, -0.25) is 0 Å². The predicted octanol–water partition coefficient (Wildman–Crippen LogP) is 36.8. The third-order valence-electron chi connectivity index (χ3n) is 23.8. The van der Waals surface area contributed by atoms with Gasteiger partial charge in [-0.05, 0) is 277 Å². The van der Waals surface area contributed by atoms with E-state index in [9.17, 15) is 0 Å². The molecule has 0 saturated carbocycles. The van der Waals surface area contributed by atoms with Gasteiger partial charge in [0.05, 0.1) is 0 Å². The zero-order valence-corrected chi connectivity index (χ0v) is 78.3. The number of hydrogen-bond donors (Lipinski definition) is 0. The fourth-order valence-electron chi connectivity index (χ4n) is 16.7. The molecule has 4 heteroatoms. The molecule has 0 aliphatic carbocycles. The Morgan fingerprint density at radius 2 is 0.431 bits per heavy atom. The van der Waals surface area contributed by atoms with Crippen molar-refractivity contribution < 1.29 is 0 Å². The van der Waals surface area contributed by atoms with Crippen molar-refractivity contribution in [3.8, 4) is 0 Å². The van der Waals surface area contributed by atoms with Gasteiger partial charge in [0.1, 0.15) is 0 Å². The van der Waals surface area contributed by atoms with E-state index in [2.05, 4.69) is 625 Å². The monoisotopic (exact) mass is 1770 g/mol. The summed E-state index contributed by atoms with van der Waals surface area (Å²) in [5.41, 5.74) is 37.4. The molecular weight excluding hydrogens is 1650 g/mol. The lowest BCUT2D eigenvalue weighted by molar-refractivity contribution is 0.805. The van der Waals surface area contributed by atoms with Crippen LogP contribution in [0, 0.1) is 27.7 Å². The summed E-state index contributed by atoms with van der Waals surface area (Å²) < 4.78 is 0. The second kappa shape index (κ2) is 48.5. The molecule has 0 spiro atoms. The van der Waals surface area contributed by atoms with Crippen LogP contribution in [0.1, 0.15) is 116 Å². The Morgan fingerprint density at radius 1 is 0.219 bits per heavy atom. The molecule has 0 fully saturated rings. The van der Waals surface area contributed by atoms with E-state index in [1.807, 2.05) is 0 Å². The van der Waals surface area contributed by atoms with E-state index in [0.717, 1.165) is 63.2 Å². The number of anilines is 11. The minimum Gasteiger partial charge on any atom is -0.317 e. The van der Waals surface area contributed by atoms with Crippen molar-refractivity contribution >= 4 is 97.5 Å². The highest BCUT2D eigenvalue weighted by atomic mass is 15.2. The SMILES string of the molecule is C.C(=C(c1ccccc1)c1ccccc1)c1ccc(N(c2ccccc2)c2ccccc2)cc1.CC(C)=CN(c1ccccc1)c1ccc(CC(c2ccccc2)c2ccccc2)cc1.Cc1ccc(N(c2ccc(C)cc2)c2ccc(C=C(c3ccccc3)c3ccccc3)cc2)cc1.Cc1ccc(N(c2ccc(C)cc2)c2ccc(C=CC=C(c3ccccc3)c3ccccc3)cc2)cc1. The Labute approximate surface area is 813 Å². The number of rotatable bonds is 26. The van der Waals surface area contributed by atoms with Gasteiger partial charge < -0.3 is 19.6 Å². The molecule has 19 rings (SSSR count). The quantitative estimate of drug-likeness (QED) is 0.0396. The highest BCUT2D eigenvalue weighted by Crippen LogP contribution is 2.41. The molecule has 670 valence electrons. The summed E-state index contributed by atoms with van der Waals surface area (Å²) in [6.45, 7) is 12.8. The van der Waals surface area contributed by atoms with Crippen LogP contribution in [0.2, 0.25) is 0 Å². The van der Waals surface area contributed by atoms with Crippen molar-refractivity contribution in [2.45, 2.75) is 61.3 Å². The van der Waals surface area contributed by atoms with Crippen LogP contribution in [-0.2, 0) is 6.42 Å². The zero-order valence-electron chi connectivity index (χ0n) is 78.3. The van der Waals surface area contributed by atoms with Crippen LogP contribution < -0.4 is 19.6 Å². The van der Waals surface area contributed by atoms with Crippen LogP contribution in [0.15, 0.2) is 552 Å². The number of hydrogen-bond acceptors (Lipinski definition) is 4. The average molecular weight is 1770 g/mol. The summed E-state index contributed by atoms with van der Waals surface area (Å²) in [5, 5.41) is 0. The van der Waals surface area contributed by atoms with Crippen molar-refractivity contribution in [2.24, 2.45) is 0 Å². The second-order valence-corrected chi connectivity index (χ2v) is 34.2. The van der Waals surface area contributed by atoms with E-state index in [0.29, 0.717) is 5.92 Å². The lowest BCUT2D eigenvalue weighted by Gasteiger charge is -2.26. The molecule has 0 amide bonds. The fraction of sp³-hybridized carbons (Fsp3) is 0.0677. The second-order valence-electron chi connectivity index (χ2n) is 34.2. The van der Waals surface area contributed by atoms with Crippen molar-refractivity contribution in [3.05, 3.63) is 641 Å². The van der Waals surface area contributed by atoms with Gasteiger partial charge in [-0.25, -0.2) is 0 Å². The predicted molar refractivity (Wildman–Crippen MR) is 591 cm³/mol. The van der Waals surface area contributed by atoms with Gasteiger partial charge in [0.15, 0.2) is 0 Å². The largest absolute Gasteiger partial charge is 0.317 e. The summed E-state index contributed by atoms with van der Waals surface area (Å²) in [5.74, 6) is 0.344. The first-order valence-electron chi connectivity index (χ1n) is 46.8. The van der Waals surface area contributed by atoms with Gasteiger partial charge >= 0.3 is 0 Å². The first-order chi connectivity index (χ1) is 66.9. The summed E-state index contributed by atoms with van der Waals surface area (Å²) in [7, 11) is 0. The summed E-state index contributed by atoms with van der Waals surface area (Å²) in [4.78, 5) is 9.14. The lowest BCUT2D eigenvalue weighted by Crippen LogP contribution is -2.09. The molecule has 19 aromatic rings. The Bertz CT molecular complexity index is 6710. The highest BCUT2D eigenvalue weighted by Gasteiger charge is 2.20. The first-order valence-corrected chi connectivity index (χ1v) is 46.8. The third kappa shape index (κ3) is 26.3. The molecule has 137 heavy (non-hydrogen) atoms. The van der Waals surface area contributed by atoms with Crippen LogP contribution in [0.25, 0.3) is 34.9 Å². The van der Waals surface area contributed by atoms with Crippen molar-refractivity contribution in [3.63, 3.8) is 0 Å². The molecule has 0 atom stereocenters.